The van der Waals surface area contributed by atoms with Gasteiger partial charge in [0.2, 0.25) is 0 Å². The first kappa shape index (κ1) is 30.2. The Hall–Kier alpha value is -5.28. The highest BCUT2D eigenvalue weighted by atomic mass is 35.5. The van der Waals surface area contributed by atoms with Crippen LogP contribution in [0, 0.1) is 6.92 Å². The number of ether oxygens (including phenoxy) is 1. The summed E-state index contributed by atoms with van der Waals surface area (Å²) in [6.07, 6.45) is 0. The van der Waals surface area contributed by atoms with E-state index in [0.717, 1.165) is 23.4 Å². The average Bonchev–Trinajstić information content (AvgIpc) is 3.03. The van der Waals surface area contributed by atoms with Crippen molar-refractivity contribution in [2.75, 3.05) is 24.3 Å². The number of hydrogen-bond donors (Lipinski definition) is 2. The number of esters is 1. The Morgan fingerprint density at radius 3 is 2.45 bits per heavy atom. The number of nitrogens with zero attached hydrogens (tertiary/aromatic N) is 3. The van der Waals surface area contributed by atoms with Gasteiger partial charge in [0, 0.05) is 12.2 Å². The lowest BCUT2D eigenvalue weighted by molar-refractivity contribution is -0.110. The fourth-order valence-corrected chi connectivity index (χ4v) is 4.89. The number of carbonyl (C=O) groups is 2. The van der Waals surface area contributed by atoms with Crippen LogP contribution in [0.5, 0.6) is 0 Å². The molecule has 0 aliphatic heterocycles. The number of hydrogen-bond acceptors (Lipinski definition) is 7. The Kier molecular flexibility index (Phi) is 9.16. The van der Waals surface area contributed by atoms with E-state index in [1.807, 2.05) is 56.3 Å². The quantitative estimate of drug-likeness (QED) is 0.148. The minimum Gasteiger partial charge on any atom is -0.465 e. The van der Waals surface area contributed by atoms with Crippen molar-refractivity contribution < 1.29 is 14.3 Å². The Balaban J connectivity index is 1.72. The van der Waals surface area contributed by atoms with Crippen LogP contribution >= 0.6 is 11.6 Å². The van der Waals surface area contributed by atoms with Gasteiger partial charge < -0.3 is 15.4 Å². The normalized spacial score (nSPS) is 11.3. The van der Waals surface area contributed by atoms with Gasteiger partial charge in [-0.1, -0.05) is 54.1 Å². The van der Waals surface area contributed by atoms with Crippen LogP contribution in [0.1, 0.15) is 34.2 Å². The monoisotopic (exact) mass is 607 g/mol. The van der Waals surface area contributed by atoms with Gasteiger partial charge in [0.25, 0.3) is 11.5 Å². The van der Waals surface area contributed by atoms with Gasteiger partial charge in [-0.25, -0.2) is 14.8 Å². The molecule has 0 unspecified atom stereocenters. The van der Waals surface area contributed by atoms with E-state index >= 15 is 0 Å². The molecule has 4 aromatic carbocycles. The number of amides is 1. The Bertz CT molecular complexity index is 1950. The number of fused-ring (bicyclic) bond motifs is 1. The number of benzene rings is 4. The van der Waals surface area contributed by atoms with Crippen LogP contribution in [0.3, 0.4) is 0 Å². The third-order valence-electron chi connectivity index (χ3n) is 6.92. The SMILES string of the molecule is CCNc1ccc(N=C(C(=O)Nc2cc(C(=O)OC)ccc2Cl)c2nc3ccccc3c(=O)n2Cc2ccccc2)c(C)c1. The molecule has 0 aliphatic carbocycles. The second-order valence-corrected chi connectivity index (χ2v) is 10.4. The zero-order valence-corrected chi connectivity index (χ0v) is 25.2. The van der Waals surface area contributed by atoms with Crippen molar-refractivity contribution in [1.29, 1.82) is 0 Å². The van der Waals surface area contributed by atoms with Crippen molar-refractivity contribution in [1.82, 2.24) is 9.55 Å². The predicted molar refractivity (Wildman–Crippen MR) is 175 cm³/mol. The van der Waals surface area contributed by atoms with Gasteiger partial charge in [0.15, 0.2) is 11.5 Å². The largest absolute Gasteiger partial charge is 0.465 e. The van der Waals surface area contributed by atoms with Crippen LogP contribution in [0.4, 0.5) is 17.1 Å². The summed E-state index contributed by atoms with van der Waals surface area (Å²) in [5.41, 5.74) is 3.43. The van der Waals surface area contributed by atoms with Crippen molar-refractivity contribution in [3.8, 4) is 0 Å². The summed E-state index contributed by atoms with van der Waals surface area (Å²) >= 11 is 6.43. The van der Waals surface area contributed by atoms with Crippen LogP contribution < -0.4 is 16.2 Å². The number of nitrogens with one attached hydrogen (secondary N) is 2. The van der Waals surface area contributed by atoms with Gasteiger partial charge in [-0.05, 0) is 73.5 Å². The molecular formula is C34H30ClN5O4. The minimum absolute atomic E-state index is 0.0745. The predicted octanol–water partition coefficient (Wildman–Crippen LogP) is 6.38. The molecule has 0 spiro atoms. The van der Waals surface area contributed by atoms with E-state index < -0.39 is 11.9 Å². The van der Waals surface area contributed by atoms with Crippen LogP contribution in [0.25, 0.3) is 10.9 Å². The first-order chi connectivity index (χ1) is 21.3. The highest BCUT2D eigenvalue weighted by Gasteiger charge is 2.24. The number of halogens is 1. The van der Waals surface area contributed by atoms with E-state index in [9.17, 15) is 14.4 Å². The molecule has 9 nitrogen and oxygen atoms in total. The molecule has 0 radical (unpaired) electrons. The third kappa shape index (κ3) is 6.53. The number of methoxy groups -OCH3 is 1. The van der Waals surface area contributed by atoms with E-state index in [1.54, 1.807) is 30.3 Å². The van der Waals surface area contributed by atoms with Gasteiger partial charge in [-0.3, -0.25) is 14.2 Å². The fourth-order valence-electron chi connectivity index (χ4n) is 4.73. The number of anilines is 2. The lowest BCUT2D eigenvalue weighted by Crippen LogP contribution is -2.34. The molecular weight excluding hydrogens is 578 g/mol. The van der Waals surface area contributed by atoms with Crippen LogP contribution in [-0.4, -0.2) is 40.8 Å². The summed E-state index contributed by atoms with van der Waals surface area (Å²) in [7, 11) is 1.26. The summed E-state index contributed by atoms with van der Waals surface area (Å²) in [6, 6.07) is 26.4. The van der Waals surface area contributed by atoms with Crippen LogP contribution in [0.15, 0.2) is 101 Å². The Morgan fingerprint density at radius 2 is 1.73 bits per heavy atom. The molecule has 0 aliphatic rings. The second-order valence-electron chi connectivity index (χ2n) is 9.96. The molecule has 0 bridgehead atoms. The number of carbonyl (C=O) groups excluding carboxylic acids is 2. The molecule has 0 saturated carbocycles. The van der Waals surface area contributed by atoms with Crippen LogP contribution in [0.2, 0.25) is 5.02 Å². The average molecular weight is 608 g/mol. The molecule has 10 heteroatoms. The molecule has 1 heterocycles. The van der Waals surface area contributed by atoms with E-state index in [4.69, 9.17) is 26.3 Å². The van der Waals surface area contributed by atoms with Gasteiger partial charge in [-0.2, -0.15) is 0 Å². The molecule has 1 aromatic heterocycles. The van der Waals surface area contributed by atoms with Crippen molar-refractivity contribution >= 4 is 57.2 Å². The highest BCUT2D eigenvalue weighted by molar-refractivity contribution is 6.49. The molecule has 2 N–H and O–H groups in total. The highest BCUT2D eigenvalue weighted by Crippen LogP contribution is 2.26. The van der Waals surface area contributed by atoms with E-state index in [0.29, 0.717) is 16.6 Å². The number of aromatic nitrogens is 2. The van der Waals surface area contributed by atoms with Crippen LogP contribution in [-0.2, 0) is 16.1 Å². The number of rotatable bonds is 9. The standard InChI is InChI=1S/C34H30ClN5O4/c1-4-36-24-15-17-27(21(2)18-24)37-30(32(41)39-29-19-23(34(43)44-3)14-16-26(29)35)31-38-28-13-9-8-12-25(28)33(42)40(31)20-22-10-6-5-7-11-22/h5-19,36H,4,20H2,1-3H3,(H,39,41). The number of aryl methyl sites for hydroxylation is 1. The van der Waals surface area contributed by atoms with Gasteiger partial charge in [-0.15, -0.1) is 0 Å². The van der Waals surface area contributed by atoms with E-state index in [2.05, 4.69) is 10.6 Å². The first-order valence-corrected chi connectivity index (χ1v) is 14.3. The Morgan fingerprint density at radius 1 is 0.977 bits per heavy atom. The van der Waals surface area contributed by atoms with Crippen molar-refractivity contribution in [2.45, 2.75) is 20.4 Å². The summed E-state index contributed by atoms with van der Waals surface area (Å²) in [5, 5.41) is 6.66. The van der Waals surface area contributed by atoms with Gasteiger partial charge >= 0.3 is 5.97 Å². The first-order valence-electron chi connectivity index (χ1n) is 13.9. The second kappa shape index (κ2) is 13.4. The van der Waals surface area contributed by atoms with Gasteiger partial charge in [0.05, 0.1) is 46.5 Å². The zero-order chi connectivity index (χ0) is 31.2. The third-order valence-corrected chi connectivity index (χ3v) is 7.25. The van der Waals surface area contributed by atoms with Crippen molar-refractivity contribution in [2.24, 2.45) is 4.99 Å². The number of para-hydroxylation sites is 1. The lowest BCUT2D eigenvalue weighted by Gasteiger charge is -2.17. The maximum absolute atomic E-state index is 14.2. The molecule has 5 rings (SSSR count). The van der Waals surface area contributed by atoms with E-state index in [1.165, 1.54) is 29.9 Å². The summed E-state index contributed by atoms with van der Waals surface area (Å²) in [5.74, 6) is -1.19. The lowest BCUT2D eigenvalue weighted by atomic mass is 10.1. The molecule has 0 saturated heterocycles. The summed E-state index contributed by atoms with van der Waals surface area (Å²) < 4.78 is 6.28. The minimum atomic E-state index is -0.673. The topological polar surface area (TPSA) is 115 Å². The fraction of sp³-hybridized carbons (Fsp3) is 0.147. The molecule has 44 heavy (non-hydrogen) atoms. The molecule has 222 valence electrons. The zero-order valence-electron chi connectivity index (χ0n) is 24.4. The maximum Gasteiger partial charge on any atom is 0.337 e. The molecule has 0 fully saturated rings. The molecule has 5 aromatic rings. The smallest absolute Gasteiger partial charge is 0.337 e. The van der Waals surface area contributed by atoms with E-state index in [-0.39, 0.29) is 39.9 Å². The van der Waals surface area contributed by atoms with Crippen molar-refractivity contribution in [3.63, 3.8) is 0 Å². The Labute approximate surface area is 259 Å². The summed E-state index contributed by atoms with van der Waals surface area (Å²) in [4.78, 5) is 49.9. The summed E-state index contributed by atoms with van der Waals surface area (Å²) in [6.45, 7) is 4.78. The molecule has 1 amide bonds. The van der Waals surface area contributed by atoms with Gasteiger partial charge in [0.1, 0.15) is 0 Å². The van der Waals surface area contributed by atoms with Crippen molar-refractivity contribution in [3.05, 3.63) is 129 Å². The maximum atomic E-state index is 14.2. The number of aliphatic imine (C=N–C) groups is 1. The molecule has 0 atom stereocenters.